The first kappa shape index (κ1) is 17.4. The number of carbonyl (C=O) groups excluding carboxylic acids is 1. The van der Waals surface area contributed by atoms with Gasteiger partial charge >= 0.3 is 0 Å². The van der Waals surface area contributed by atoms with Gasteiger partial charge in [0.15, 0.2) is 0 Å². The van der Waals surface area contributed by atoms with E-state index < -0.39 is 10.0 Å². The Balaban J connectivity index is 1.94. The SMILES string of the molecule is Cc1nc(C(C)(C)C)sc1C(=O)NCCN1CCCS1(=O)=O. The molecule has 0 atom stereocenters. The first-order valence-electron chi connectivity index (χ1n) is 7.35. The largest absolute Gasteiger partial charge is 0.350 e. The number of amides is 1. The van der Waals surface area contributed by atoms with Crippen molar-refractivity contribution < 1.29 is 13.2 Å². The minimum Gasteiger partial charge on any atom is -0.350 e. The van der Waals surface area contributed by atoms with E-state index in [9.17, 15) is 13.2 Å². The fourth-order valence-electron chi connectivity index (χ4n) is 2.24. The first-order chi connectivity index (χ1) is 10.1. The van der Waals surface area contributed by atoms with Crippen molar-refractivity contribution in [2.24, 2.45) is 0 Å². The van der Waals surface area contributed by atoms with Crippen LogP contribution in [0.1, 0.15) is 47.6 Å². The first-order valence-corrected chi connectivity index (χ1v) is 9.78. The summed E-state index contributed by atoms with van der Waals surface area (Å²) in [7, 11) is -3.10. The van der Waals surface area contributed by atoms with Gasteiger partial charge in [0, 0.05) is 25.0 Å². The Morgan fingerprint density at radius 1 is 1.41 bits per heavy atom. The standard InChI is InChI=1S/C14H23N3O3S2/c1-10-11(21-13(16-10)14(2,3)4)12(18)15-6-8-17-7-5-9-22(17,19)20/h5-9H2,1-4H3,(H,15,18). The number of aromatic nitrogens is 1. The summed E-state index contributed by atoms with van der Waals surface area (Å²) in [6.07, 6.45) is 0.666. The molecule has 0 radical (unpaired) electrons. The van der Waals surface area contributed by atoms with E-state index in [4.69, 9.17) is 0 Å². The third-order valence-electron chi connectivity index (χ3n) is 3.49. The molecule has 124 valence electrons. The van der Waals surface area contributed by atoms with Crippen LogP contribution in [-0.2, 0) is 15.4 Å². The fourth-order valence-corrected chi connectivity index (χ4v) is 4.81. The molecule has 0 spiro atoms. The number of nitrogens with zero attached hydrogens (tertiary/aromatic N) is 2. The van der Waals surface area contributed by atoms with Gasteiger partial charge in [-0.2, -0.15) is 0 Å². The Kier molecular flexibility index (Phi) is 4.93. The van der Waals surface area contributed by atoms with Crippen molar-refractivity contribution in [2.75, 3.05) is 25.4 Å². The summed E-state index contributed by atoms with van der Waals surface area (Å²) in [4.78, 5) is 17.3. The lowest BCUT2D eigenvalue weighted by Gasteiger charge is -2.14. The van der Waals surface area contributed by atoms with Crippen LogP contribution < -0.4 is 5.32 Å². The smallest absolute Gasteiger partial charge is 0.263 e. The number of sulfonamides is 1. The topological polar surface area (TPSA) is 79.4 Å². The minimum absolute atomic E-state index is 0.0857. The summed E-state index contributed by atoms with van der Waals surface area (Å²) in [5.41, 5.74) is 0.638. The van der Waals surface area contributed by atoms with E-state index in [0.717, 1.165) is 10.7 Å². The lowest BCUT2D eigenvalue weighted by atomic mass is 9.98. The van der Waals surface area contributed by atoms with Crippen LogP contribution >= 0.6 is 11.3 Å². The molecule has 0 aromatic carbocycles. The number of thiazole rings is 1. The summed E-state index contributed by atoms with van der Waals surface area (Å²) < 4.78 is 24.8. The Labute approximate surface area is 136 Å². The molecule has 0 bridgehead atoms. The fraction of sp³-hybridized carbons (Fsp3) is 0.714. The van der Waals surface area contributed by atoms with Gasteiger partial charge in [0.05, 0.1) is 16.5 Å². The van der Waals surface area contributed by atoms with Gasteiger partial charge in [0.1, 0.15) is 4.88 Å². The average Bonchev–Trinajstić information content (AvgIpc) is 2.92. The minimum atomic E-state index is -3.10. The van der Waals surface area contributed by atoms with Crippen LogP contribution in [0.2, 0.25) is 0 Å². The van der Waals surface area contributed by atoms with Crippen molar-refractivity contribution in [1.82, 2.24) is 14.6 Å². The second-order valence-corrected chi connectivity index (χ2v) is 9.60. The number of nitrogens with one attached hydrogen (secondary N) is 1. The predicted molar refractivity (Wildman–Crippen MR) is 87.9 cm³/mol. The molecule has 2 rings (SSSR count). The normalized spacial score (nSPS) is 18.5. The lowest BCUT2D eigenvalue weighted by Crippen LogP contribution is -2.35. The molecule has 1 aliphatic heterocycles. The van der Waals surface area contributed by atoms with Crippen molar-refractivity contribution in [1.29, 1.82) is 0 Å². The molecule has 0 saturated carbocycles. The third kappa shape index (κ3) is 3.85. The van der Waals surface area contributed by atoms with Gasteiger partial charge in [-0.25, -0.2) is 17.7 Å². The maximum absolute atomic E-state index is 12.2. The summed E-state index contributed by atoms with van der Waals surface area (Å²) in [6, 6.07) is 0. The van der Waals surface area contributed by atoms with Crippen LogP contribution in [-0.4, -0.2) is 49.0 Å². The zero-order chi connectivity index (χ0) is 16.5. The molecule has 22 heavy (non-hydrogen) atoms. The molecular formula is C14H23N3O3S2. The number of hydrogen-bond donors (Lipinski definition) is 1. The molecule has 1 aromatic heterocycles. The second-order valence-electron chi connectivity index (χ2n) is 6.51. The Hall–Kier alpha value is -0.990. The summed E-state index contributed by atoms with van der Waals surface area (Å²) in [5.74, 6) is 0.0335. The predicted octanol–water partition coefficient (Wildman–Crippen LogP) is 1.51. The number of aryl methyl sites for hydroxylation is 1. The van der Waals surface area contributed by atoms with Gasteiger partial charge in [-0.15, -0.1) is 11.3 Å². The highest BCUT2D eigenvalue weighted by molar-refractivity contribution is 7.89. The third-order valence-corrected chi connectivity index (χ3v) is 7.03. The maximum Gasteiger partial charge on any atom is 0.263 e. The molecule has 1 amide bonds. The van der Waals surface area contributed by atoms with E-state index >= 15 is 0 Å². The quantitative estimate of drug-likeness (QED) is 0.897. The zero-order valence-corrected chi connectivity index (χ0v) is 15.1. The molecule has 0 aliphatic carbocycles. The molecule has 1 saturated heterocycles. The van der Waals surface area contributed by atoms with Crippen LogP contribution in [0.5, 0.6) is 0 Å². The molecule has 1 aliphatic rings. The van der Waals surface area contributed by atoms with E-state index in [2.05, 4.69) is 31.1 Å². The summed E-state index contributed by atoms with van der Waals surface area (Å²) in [5, 5.41) is 3.72. The van der Waals surface area contributed by atoms with Crippen molar-refractivity contribution in [3.05, 3.63) is 15.6 Å². The summed E-state index contributed by atoms with van der Waals surface area (Å²) >= 11 is 1.40. The Morgan fingerprint density at radius 2 is 2.09 bits per heavy atom. The maximum atomic E-state index is 12.2. The Bertz CT molecular complexity index is 659. The average molecular weight is 345 g/mol. The molecular weight excluding hydrogens is 322 g/mol. The zero-order valence-electron chi connectivity index (χ0n) is 13.5. The van der Waals surface area contributed by atoms with Crippen LogP contribution in [0, 0.1) is 6.92 Å². The van der Waals surface area contributed by atoms with Gasteiger partial charge in [-0.3, -0.25) is 4.79 Å². The van der Waals surface area contributed by atoms with Gasteiger partial charge in [0.25, 0.3) is 5.91 Å². The molecule has 0 unspecified atom stereocenters. The van der Waals surface area contributed by atoms with Crippen LogP contribution in [0.25, 0.3) is 0 Å². The second kappa shape index (κ2) is 6.25. The molecule has 2 heterocycles. The number of carbonyl (C=O) groups is 1. The van der Waals surface area contributed by atoms with Gasteiger partial charge in [0.2, 0.25) is 10.0 Å². The van der Waals surface area contributed by atoms with Crippen molar-refractivity contribution in [3.63, 3.8) is 0 Å². The highest BCUT2D eigenvalue weighted by Crippen LogP contribution is 2.29. The van der Waals surface area contributed by atoms with Crippen molar-refractivity contribution in [2.45, 2.75) is 39.5 Å². The van der Waals surface area contributed by atoms with E-state index in [1.54, 1.807) is 0 Å². The molecule has 6 nitrogen and oxygen atoms in total. The molecule has 1 aromatic rings. The van der Waals surface area contributed by atoms with Gasteiger partial charge in [-0.1, -0.05) is 20.8 Å². The van der Waals surface area contributed by atoms with Crippen LogP contribution in [0.3, 0.4) is 0 Å². The van der Waals surface area contributed by atoms with E-state index in [-0.39, 0.29) is 17.1 Å². The highest BCUT2D eigenvalue weighted by Gasteiger charge is 2.28. The van der Waals surface area contributed by atoms with Crippen LogP contribution in [0.4, 0.5) is 0 Å². The van der Waals surface area contributed by atoms with Crippen molar-refractivity contribution in [3.8, 4) is 0 Å². The number of rotatable bonds is 4. The van der Waals surface area contributed by atoms with E-state index in [1.165, 1.54) is 15.6 Å². The summed E-state index contributed by atoms with van der Waals surface area (Å²) in [6.45, 7) is 9.21. The van der Waals surface area contributed by atoms with Crippen LogP contribution in [0.15, 0.2) is 0 Å². The van der Waals surface area contributed by atoms with E-state index in [0.29, 0.717) is 30.9 Å². The van der Waals surface area contributed by atoms with Gasteiger partial charge in [-0.05, 0) is 13.3 Å². The highest BCUT2D eigenvalue weighted by atomic mass is 32.2. The Morgan fingerprint density at radius 3 is 2.59 bits per heavy atom. The monoisotopic (exact) mass is 345 g/mol. The lowest BCUT2D eigenvalue weighted by molar-refractivity contribution is 0.0955. The number of hydrogen-bond acceptors (Lipinski definition) is 5. The van der Waals surface area contributed by atoms with Gasteiger partial charge < -0.3 is 5.32 Å². The molecule has 1 fully saturated rings. The van der Waals surface area contributed by atoms with Crippen molar-refractivity contribution >= 4 is 27.3 Å². The molecule has 8 heteroatoms. The molecule has 1 N–H and O–H groups in total. The van der Waals surface area contributed by atoms with E-state index in [1.807, 2.05) is 6.92 Å².